The third-order valence-electron chi connectivity index (χ3n) is 5.69. The van der Waals surface area contributed by atoms with Crippen LogP contribution in [0.4, 0.5) is 0 Å². The first-order valence-electron chi connectivity index (χ1n) is 10.5. The molecule has 5 heteroatoms. The van der Waals surface area contributed by atoms with Gasteiger partial charge >= 0.3 is 0 Å². The van der Waals surface area contributed by atoms with Gasteiger partial charge in [0.25, 0.3) is 0 Å². The molecule has 29 heavy (non-hydrogen) atoms. The molecule has 2 aromatic carbocycles. The summed E-state index contributed by atoms with van der Waals surface area (Å²) in [5, 5.41) is 21.7. The predicted octanol–water partition coefficient (Wildman–Crippen LogP) is 2.83. The number of hydrogen-bond donors (Lipinski definition) is 3. The van der Waals surface area contributed by atoms with Crippen LogP contribution in [0.25, 0.3) is 11.3 Å². The van der Waals surface area contributed by atoms with E-state index in [-0.39, 0.29) is 12.0 Å². The number of aryl methyl sites for hydroxylation is 1. The van der Waals surface area contributed by atoms with Crippen LogP contribution in [0.15, 0.2) is 60.8 Å². The summed E-state index contributed by atoms with van der Waals surface area (Å²) in [6.07, 6.45) is 2.92. The molecule has 3 aromatic rings. The standard InChI is InChI=1S/C24H30N4O/c1-2-18-8-10-20(11-9-18)24-22(14-25-12-21-13-26-15-23(21)29)17-28(27-24)16-19-6-4-3-5-7-19/h3-11,17,21,23,25-26,29H,2,12-16H2,1H3. The molecule has 5 nitrogen and oxygen atoms in total. The molecule has 4 rings (SSSR count). The molecule has 0 amide bonds. The lowest BCUT2D eigenvalue weighted by molar-refractivity contribution is 0.146. The molecular weight excluding hydrogens is 360 g/mol. The van der Waals surface area contributed by atoms with Crippen LogP contribution >= 0.6 is 0 Å². The average Bonchev–Trinajstić information content (AvgIpc) is 3.35. The fourth-order valence-electron chi connectivity index (χ4n) is 3.90. The highest BCUT2D eigenvalue weighted by Gasteiger charge is 2.24. The maximum absolute atomic E-state index is 10.0. The number of hydrogen-bond acceptors (Lipinski definition) is 4. The second-order valence-electron chi connectivity index (χ2n) is 7.85. The van der Waals surface area contributed by atoms with Crippen molar-refractivity contribution in [2.45, 2.75) is 32.5 Å². The van der Waals surface area contributed by atoms with Gasteiger partial charge in [-0.05, 0) is 17.5 Å². The van der Waals surface area contributed by atoms with Gasteiger partial charge in [-0.25, -0.2) is 0 Å². The molecule has 0 bridgehead atoms. The van der Waals surface area contributed by atoms with Gasteiger partial charge in [-0.1, -0.05) is 61.5 Å². The van der Waals surface area contributed by atoms with E-state index in [1.54, 1.807) is 0 Å². The first kappa shape index (κ1) is 19.8. The minimum Gasteiger partial charge on any atom is -0.391 e. The molecular formula is C24H30N4O. The molecule has 2 unspecified atom stereocenters. The largest absolute Gasteiger partial charge is 0.391 e. The Balaban J connectivity index is 1.53. The summed E-state index contributed by atoms with van der Waals surface area (Å²) in [6.45, 7) is 6.02. The van der Waals surface area contributed by atoms with Gasteiger partial charge in [0.1, 0.15) is 0 Å². The number of β-amino-alcohol motifs (C(OH)–C–C–N with tert-alkyl or cyclic N) is 1. The molecule has 1 fully saturated rings. The molecule has 1 aliphatic rings. The topological polar surface area (TPSA) is 62.1 Å². The van der Waals surface area contributed by atoms with Gasteiger partial charge in [-0.2, -0.15) is 5.10 Å². The Hall–Kier alpha value is -2.47. The van der Waals surface area contributed by atoms with Crippen molar-refractivity contribution < 1.29 is 5.11 Å². The van der Waals surface area contributed by atoms with E-state index >= 15 is 0 Å². The molecule has 2 atom stereocenters. The monoisotopic (exact) mass is 390 g/mol. The quantitative estimate of drug-likeness (QED) is 0.554. The van der Waals surface area contributed by atoms with Crippen LogP contribution in [-0.4, -0.2) is 40.6 Å². The van der Waals surface area contributed by atoms with Gasteiger partial charge in [0.05, 0.1) is 18.3 Å². The van der Waals surface area contributed by atoms with Crippen molar-refractivity contribution in [1.29, 1.82) is 0 Å². The van der Waals surface area contributed by atoms with E-state index in [1.807, 2.05) is 10.7 Å². The predicted molar refractivity (Wildman–Crippen MR) is 117 cm³/mol. The van der Waals surface area contributed by atoms with Gasteiger partial charge in [-0.3, -0.25) is 4.68 Å². The number of benzene rings is 2. The first-order valence-corrected chi connectivity index (χ1v) is 10.5. The molecule has 1 saturated heterocycles. The third kappa shape index (κ3) is 4.93. The number of aliphatic hydroxyl groups excluding tert-OH is 1. The van der Waals surface area contributed by atoms with Crippen LogP contribution in [0, 0.1) is 5.92 Å². The lowest BCUT2D eigenvalue weighted by Gasteiger charge is -2.14. The van der Waals surface area contributed by atoms with Crippen LogP contribution in [0.3, 0.4) is 0 Å². The normalized spacial score (nSPS) is 19.0. The number of aliphatic hydroxyl groups is 1. The maximum atomic E-state index is 10.0. The fourth-order valence-corrected chi connectivity index (χ4v) is 3.90. The maximum Gasteiger partial charge on any atom is 0.0968 e. The molecule has 3 N–H and O–H groups in total. The van der Waals surface area contributed by atoms with Gasteiger partial charge < -0.3 is 15.7 Å². The Kier molecular flexibility index (Phi) is 6.39. The number of aromatic nitrogens is 2. The zero-order valence-corrected chi connectivity index (χ0v) is 17.0. The summed E-state index contributed by atoms with van der Waals surface area (Å²) in [5.74, 6) is 0.265. The van der Waals surface area contributed by atoms with E-state index in [0.717, 1.165) is 43.9 Å². The van der Waals surface area contributed by atoms with Crippen LogP contribution in [0.2, 0.25) is 0 Å². The Morgan fingerprint density at radius 3 is 2.55 bits per heavy atom. The first-order chi connectivity index (χ1) is 14.2. The number of nitrogens with one attached hydrogen (secondary N) is 2. The highest BCUT2D eigenvalue weighted by molar-refractivity contribution is 5.63. The van der Waals surface area contributed by atoms with E-state index in [4.69, 9.17) is 5.10 Å². The molecule has 152 valence electrons. The highest BCUT2D eigenvalue weighted by atomic mass is 16.3. The van der Waals surface area contributed by atoms with Crippen molar-refractivity contribution in [3.05, 3.63) is 77.5 Å². The SMILES string of the molecule is CCc1ccc(-c2nn(Cc3ccccc3)cc2CNCC2CNCC2O)cc1. The van der Waals surface area contributed by atoms with Crippen molar-refractivity contribution in [1.82, 2.24) is 20.4 Å². The Bertz CT molecular complexity index is 904. The lowest BCUT2D eigenvalue weighted by atomic mass is 10.0. The van der Waals surface area contributed by atoms with Gasteiger partial charge in [0, 0.05) is 49.4 Å². The fraction of sp³-hybridized carbons (Fsp3) is 0.375. The van der Waals surface area contributed by atoms with Gasteiger partial charge in [0.2, 0.25) is 0 Å². The second kappa shape index (κ2) is 9.35. The average molecular weight is 391 g/mol. The lowest BCUT2D eigenvalue weighted by Crippen LogP contribution is -2.30. The Labute approximate surface area is 172 Å². The molecule has 0 radical (unpaired) electrons. The third-order valence-corrected chi connectivity index (χ3v) is 5.69. The number of rotatable bonds is 8. The summed E-state index contributed by atoms with van der Waals surface area (Å²) in [4.78, 5) is 0. The molecule has 0 spiro atoms. The van der Waals surface area contributed by atoms with Crippen molar-refractivity contribution in [3.63, 3.8) is 0 Å². The summed E-state index contributed by atoms with van der Waals surface area (Å²) in [5.41, 5.74) is 5.93. The molecule has 0 saturated carbocycles. The van der Waals surface area contributed by atoms with Gasteiger partial charge in [-0.15, -0.1) is 0 Å². The van der Waals surface area contributed by atoms with Crippen molar-refractivity contribution in [2.24, 2.45) is 5.92 Å². The minimum atomic E-state index is -0.260. The highest BCUT2D eigenvalue weighted by Crippen LogP contribution is 2.23. The van der Waals surface area contributed by atoms with Crippen LogP contribution in [0.1, 0.15) is 23.6 Å². The summed E-state index contributed by atoms with van der Waals surface area (Å²) >= 11 is 0. The van der Waals surface area contributed by atoms with E-state index in [2.05, 4.69) is 72.3 Å². The smallest absolute Gasteiger partial charge is 0.0968 e. The molecule has 2 heterocycles. The van der Waals surface area contributed by atoms with Crippen molar-refractivity contribution >= 4 is 0 Å². The zero-order chi connectivity index (χ0) is 20.1. The second-order valence-corrected chi connectivity index (χ2v) is 7.85. The van der Waals surface area contributed by atoms with E-state index < -0.39 is 0 Å². The van der Waals surface area contributed by atoms with Crippen LogP contribution in [0.5, 0.6) is 0 Å². The minimum absolute atomic E-state index is 0.260. The molecule has 0 aliphatic carbocycles. The van der Waals surface area contributed by atoms with Crippen molar-refractivity contribution in [3.8, 4) is 11.3 Å². The summed E-state index contributed by atoms with van der Waals surface area (Å²) in [6, 6.07) is 19.1. The summed E-state index contributed by atoms with van der Waals surface area (Å²) < 4.78 is 2.03. The van der Waals surface area contributed by atoms with E-state index in [0.29, 0.717) is 6.54 Å². The molecule has 1 aliphatic heterocycles. The van der Waals surface area contributed by atoms with E-state index in [9.17, 15) is 5.11 Å². The van der Waals surface area contributed by atoms with E-state index in [1.165, 1.54) is 16.7 Å². The van der Waals surface area contributed by atoms with Crippen LogP contribution < -0.4 is 10.6 Å². The van der Waals surface area contributed by atoms with Crippen LogP contribution in [-0.2, 0) is 19.5 Å². The van der Waals surface area contributed by atoms with Gasteiger partial charge in [0.15, 0.2) is 0 Å². The molecule has 1 aromatic heterocycles. The Morgan fingerprint density at radius 1 is 1.07 bits per heavy atom. The Morgan fingerprint density at radius 2 is 1.86 bits per heavy atom. The summed E-state index contributed by atoms with van der Waals surface area (Å²) in [7, 11) is 0. The zero-order valence-electron chi connectivity index (χ0n) is 17.0. The number of nitrogens with zero attached hydrogens (tertiary/aromatic N) is 2. The van der Waals surface area contributed by atoms with Crippen molar-refractivity contribution in [2.75, 3.05) is 19.6 Å².